The summed E-state index contributed by atoms with van der Waals surface area (Å²) < 4.78 is 23.6. The first-order valence-corrected chi connectivity index (χ1v) is 7.04. The summed E-state index contributed by atoms with van der Waals surface area (Å²) in [7, 11) is 0. The Morgan fingerprint density at radius 1 is 1.09 bits per heavy atom. The van der Waals surface area contributed by atoms with E-state index in [0.717, 1.165) is 5.75 Å². The number of hydrogen-bond donors (Lipinski definition) is 1. The predicted octanol–water partition coefficient (Wildman–Crippen LogP) is 3.63. The molecule has 0 bridgehead atoms. The summed E-state index contributed by atoms with van der Waals surface area (Å²) in [6, 6.07) is 12.6. The van der Waals surface area contributed by atoms with E-state index in [2.05, 4.69) is 5.32 Å². The van der Waals surface area contributed by atoms with Gasteiger partial charge in [0.05, 0.1) is 6.61 Å². The monoisotopic (exact) mass is 303 g/mol. The van der Waals surface area contributed by atoms with Crippen LogP contribution in [0.2, 0.25) is 0 Å². The Morgan fingerprint density at radius 2 is 1.68 bits per heavy atom. The van der Waals surface area contributed by atoms with E-state index >= 15 is 0 Å². The molecular weight excluding hydrogens is 285 g/mol. The van der Waals surface area contributed by atoms with Crippen LogP contribution in [0.4, 0.5) is 10.1 Å². The fourth-order valence-electron chi connectivity index (χ4n) is 1.82. The van der Waals surface area contributed by atoms with Gasteiger partial charge < -0.3 is 14.8 Å². The number of rotatable bonds is 6. The number of carbonyl (C=O) groups is 1. The largest absolute Gasteiger partial charge is 0.494 e. The van der Waals surface area contributed by atoms with Gasteiger partial charge in [-0.3, -0.25) is 4.79 Å². The Hall–Kier alpha value is -2.56. The number of ether oxygens (including phenoxy) is 2. The van der Waals surface area contributed by atoms with E-state index in [-0.39, 0.29) is 11.7 Å². The van der Waals surface area contributed by atoms with Crippen molar-refractivity contribution in [2.24, 2.45) is 0 Å². The molecular formula is C17H18FNO3. The summed E-state index contributed by atoms with van der Waals surface area (Å²) >= 11 is 0. The predicted molar refractivity (Wildman–Crippen MR) is 82.7 cm³/mol. The number of carbonyl (C=O) groups excluding carboxylic acids is 1. The van der Waals surface area contributed by atoms with Crippen LogP contribution in [0.1, 0.15) is 13.8 Å². The molecule has 0 fully saturated rings. The van der Waals surface area contributed by atoms with Gasteiger partial charge in [-0.2, -0.15) is 0 Å². The normalized spacial score (nSPS) is 11.6. The summed E-state index contributed by atoms with van der Waals surface area (Å²) in [5.74, 6) is 0.555. The molecule has 0 heterocycles. The maximum atomic E-state index is 12.8. The summed E-state index contributed by atoms with van der Waals surface area (Å²) in [5, 5.41) is 2.75. The van der Waals surface area contributed by atoms with E-state index in [1.165, 1.54) is 24.3 Å². The maximum Gasteiger partial charge on any atom is 0.265 e. The number of anilines is 1. The molecule has 1 atom stereocenters. The Kier molecular flexibility index (Phi) is 5.36. The first-order valence-electron chi connectivity index (χ1n) is 7.04. The molecule has 0 unspecified atom stereocenters. The molecule has 0 radical (unpaired) electrons. The number of nitrogens with one attached hydrogen (secondary N) is 1. The van der Waals surface area contributed by atoms with Gasteiger partial charge in [0, 0.05) is 5.69 Å². The average molecular weight is 303 g/mol. The highest BCUT2D eigenvalue weighted by Gasteiger charge is 2.14. The lowest BCUT2D eigenvalue weighted by Gasteiger charge is -2.15. The minimum absolute atomic E-state index is 0.284. The van der Waals surface area contributed by atoms with Crippen molar-refractivity contribution in [1.82, 2.24) is 0 Å². The first kappa shape index (κ1) is 15.8. The third kappa shape index (κ3) is 4.48. The van der Waals surface area contributed by atoms with Crippen molar-refractivity contribution in [2.75, 3.05) is 11.9 Å². The lowest BCUT2D eigenvalue weighted by molar-refractivity contribution is -0.122. The van der Waals surface area contributed by atoms with Gasteiger partial charge in [0.1, 0.15) is 17.3 Å². The van der Waals surface area contributed by atoms with Crippen molar-refractivity contribution in [1.29, 1.82) is 0 Å². The number of amides is 1. The minimum atomic E-state index is -0.697. The van der Waals surface area contributed by atoms with Crippen molar-refractivity contribution in [3.05, 3.63) is 54.3 Å². The maximum absolute atomic E-state index is 12.8. The highest BCUT2D eigenvalue weighted by Crippen LogP contribution is 2.17. The molecule has 116 valence electrons. The SMILES string of the molecule is CCOc1ccc(NC(=O)[C@@H](C)Oc2ccc(F)cc2)cc1. The van der Waals surface area contributed by atoms with Gasteiger partial charge in [-0.05, 0) is 62.4 Å². The van der Waals surface area contributed by atoms with Gasteiger partial charge in [0.15, 0.2) is 6.10 Å². The molecule has 0 aliphatic heterocycles. The van der Waals surface area contributed by atoms with Crippen LogP contribution < -0.4 is 14.8 Å². The van der Waals surface area contributed by atoms with Crippen LogP contribution in [0.5, 0.6) is 11.5 Å². The highest BCUT2D eigenvalue weighted by molar-refractivity contribution is 5.94. The van der Waals surface area contributed by atoms with Crippen LogP contribution >= 0.6 is 0 Å². The second-order valence-electron chi connectivity index (χ2n) is 4.66. The van der Waals surface area contributed by atoms with Crippen molar-refractivity contribution < 1.29 is 18.7 Å². The third-order valence-electron chi connectivity index (χ3n) is 2.93. The lowest BCUT2D eigenvalue weighted by atomic mass is 10.2. The standard InChI is InChI=1S/C17H18FNO3/c1-3-21-15-10-6-14(7-11-15)19-17(20)12(2)22-16-8-4-13(18)5-9-16/h4-12H,3H2,1-2H3,(H,19,20)/t12-/m1/s1. The number of hydrogen-bond acceptors (Lipinski definition) is 3. The molecule has 0 saturated carbocycles. The number of halogens is 1. The average Bonchev–Trinajstić information content (AvgIpc) is 2.51. The molecule has 0 aliphatic carbocycles. The molecule has 22 heavy (non-hydrogen) atoms. The molecule has 0 aliphatic rings. The molecule has 2 rings (SSSR count). The van der Waals surface area contributed by atoms with Crippen LogP contribution in [-0.4, -0.2) is 18.6 Å². The van der Waals surface area contributed by atoms with Gasteiger partial charge in [-0.25, -0.2) is 4.39 Å². The second-order valence-corrected chi connectivity index (χ2v) is 4.66. The second kappa shape index (κ2) is 7.45. The third-order valence-corrected chi connectivity index (χ3v) is 2.93. The van der Waals surface area contributed by atoms with Crippen LogP contribution in [-0.2, 0) is 4.79 Å². The van der Waals surface area contributed by atoms with Gasteiger partial charge in [0.2, 0.25) is 0 Å². The van der Waals surface area contributed by atoms with Crippen molar-refractivity contribution in [3.8, 4) is 11.5 Å². The van der Waals surface area contributed by atoms with Gasteiger partial charge in [-0.15, -0.1) is 0 Å². The smallest absolute Gasteiger partial charge is 0.265 e. The molecule has 1 amide bonds. The summed E-state index contributed by atoms with van der Waals surface area (Å²) in [5.41, 5.74) is 0.656. The van der Waals surface area contributed by atoms with Crippen LogP contribution in [0, 0.1) is 5.82 Å². The lowest BCUT2D eigenvalue weighted by Crippen LogP contribution is -2.30. The zero-order valence-corrected chi connectivity index (χ0v) is 12.5. The van der Waals surface area contributed by atoms with Crippen LogP contribution in [0.15, 0.2) is 48.5 Å². The van der Waals surface area contributed by atoms with E-state index in [0.29, 0.717) is 18.0 Å². The fourth-order valence-corrected chi connectivity index (χ4v) is 1.82. The highest BCUT2D eigenvalue weighted by atomic mass is 19.1. The zero-order valence-electron chi connectivity index (χ0n) is 12.5. The van der Waals surface area contributed by atoms with E-state index < -0.39 is 6.10 Å². The minimum Gasteiger partial charge on any atom is -0.494 e. The van der Waals surface area contributed by atoms with E-state index in [9.17, 15) is 9.18 Å². The van der Waals surface area contributed by atoms with E-state index in [4.69, 9.17) is 9.47 Å². The fraction of sp³-hybridized carbons (Fsp3) is 0.235. The van der Waals surface area contributed by atoms with Gasteiger partial charge in [0.25, 0.3) is 5.91 Å². The molecule has 0 spiro atoms. The Labute approximate surface area is 128 Å². The van der Waals surface area contributed by atoms with Crippen LogP contribution in [0.3, 0.4) is 0 Å². The van der Waals surface area contributed by atoms with Gasteiger partial charge in [-0.1, -0.05) is 0 Å². The quantitative estimate of drug-likeness (QED) is 0.886. The van der Waals surface area contributed by atoms with E-state index in [1.54, 1.807) is 31.2 Å². The molecule has 4 nitrogen and oxygen atoms in total. The Morgan fingerprint density at radius 3 is 2.27 bits per heavy atom. The van der Waals surface area contributed by atoms with Crippen molar-refractivity contribution in [2.45, 2.75) is 20.0 Å². The molecule has 0 aromatic heterocycles. The molecule has 0 saturated heterocycles. The zero-order chi connectivity index (χ0) is 15.9. The molecule has 2 aromatic rings. The molecule has 2 aromatic carbocycles. The Balaban J connectivity index is 1.91. The first-order chi connectivity index (χ1) is 10.6. The summed E-state index contributed by atoms with van der Waals surface area (Å²) in [6.45, 7) is 4.13. The molecule has 1 N–H and O–H groups in total. The van der Waals surface area contributed by atoms with Crippen molar-refractivity contribution >= 4 is 11.6 Å². The Bertz CT molecular complexity index is 611. The van der Waals surface area contributed by atoms with Crippen molar-refractivity contribution in [3.63, 3.8) is 0 Å². The number of benzene rings is 2. The summed E-state index contributed by atoms with van der Waals surface area (Å²) in [6.07, 6.45) is -0.697. The van der Waals surface area contributed by atoms with Crippen LogP contribution in [0.25, 0.3) is 0 Å². The topological polar surface area (TPSA) is 47.6 Å². The van der Waals surface area contributed by atoms with Gasteiger partial charge >= 0.3 is 0 Å². The molecule has 5 heteroatoms. The van der Waals surface area contributed by atoms with E-state index in [1.807, 2.05) is 6.92 Å². The summed E-state index contributed by atoms with van der Waals surface area (Å²) in [4.78, 5) is 12.1.